The summed E-state index contributed by atoms with van der Waals surface area (Å²) in [7, 11) is 1.82. The first-order valence-electron chi connectivity index (χ1n) is 7.23. The molecule has 0 bridgehead atoms. The van der Waals surface area contributed by atoms with Gasteiger partial charge in [0, 0.05) is 30.5 Å². The normalized spacial score (nSPS) is 19.2. The molecule has 1 aliphatic rings. The Hall–Kier alpha value is -2.14. The van der Waals surface area contributed by atoms with Crippen LogP contribution in [0.2, 0.25) is 0 Å². The molecule has 0 saturated heterocycles. The monoisotopic (exact) mass is 284 g/mol. The van der Waals surface area contributed by atoms with Crippen molar-refractivity contribution in [3.8, 4) is 0 Å². The number of fused-ring (bicyclic) bond motifs is 1. The molecule has 2 heterocycles. The largest absolute Gasteiger partial charge is 0.316 e. The summed E-state index contributed by atoms with van der Waals surface area (Å²) < 4.78 is 1.66. The van der Waals surface area contributed by atoms with E-state index >= 15 is 0 Å². The number of hydrogen-bond donors (Lipinski definition) is 1. The van der Waals surface area contributed by atoms with Crippen LogP contribution in [0, 0.1) is 0 Å². The van der Waals surface area contributed by atoms with E-state index in [1.54, 1.807) is 17.1 Å². The molecule has 1 aliphatic heterocycles. The number of aryl methyl sites for hydroxylation is 2. The van der Waals surface area contributed by atoms with Gasteiger partial charge >= 0.3 is 0 Å². The molecular formula is C16H20N4O. The lowest BCUT2D eigenvalue weighted by Crippen LogP contribution is -2.46. The summed E-state index contributed by atoms with van der Waals surface area (Å²) in [4.78, 5) is 14.7. The maximum atomic E-state index is 12.8. The Labute approximate surface area is 124 Å². The summed E-state index contributed by atoms with van der Waals surface area (Å²) in [5.41, 5.74) is 9.10. The van der Waals surface area contributed by atoms with Crippen molar-refractivity contribution in [3.63, 3.8) is 0 Å². The molecule has 0 spiro atoms. The number of amides is 1. The number of aromatic nitrogens is 2. The lowest BCUT2D eigenvalue weighted by molar-refractivity contribution is -0.120. The molecule has 0 radical (unpaired) electrons. The molecule has 5 nitrogen and oxygen atoms in total. The number of nitrogens with two attached hydrogens (primary N) is 1. The number of carbonyl (C=O) groups excluding carboxylic acids is 1. The molecule has 0 saturated carbocycles. The van der Waals surface area contributed by atoms with Crippen LogP contribution in [0.5, 0.6) is 0 Å². The van der Waals surface area contributed by atoms with Gasteiger partial charge in [0.2, 0.25) is 5.91 Å². The summed E-state index contributed by atoms with van der Waals surface area (Å²) >= 11 is 0. The number of rotatable bonds is 2. The van der Waals surface area contributed by atoms with E-state index in [1.165, 1.54) is 5.56 Å². The van der Waals surface area contributed by atoms with Gasteiger partial charge in [-0.3, -0.25) is 9.48 Å². The molecule has 2 N–H and O–H groups in total. The molecule has 1 aromatic carbocycles. The van der Waals surface area contributed by atoms with Crippen molar-refractivity contribution in [2.24, 2.45) is 12.8 Å². The Morgan fingerprint density at radius 2 is 2.19 bits per heavy atom. The van der Waals surface area contributed by atoms with Gasteiger partial charge in [-0.05, 0) is 31.4 Å². The van der Waals surface area contributed by atoms with Gasteiger partial charge < -0.3 is 10.6 Å². The molecule has 110 valence electrons. The summed E-state index contributed by atoms with van der Waals surface area (Å²) in [5, 5.41) is 4.09. The Balaban J connectivity index is 1.93. The van der Waals surface area contributed by atoms with Crippen LogP contribution in [-0.2, 0) is 18.3 Å². The zero-order chi connectivity index (χ0) is 15.0. The Bertz CT molecular complexity index is 664. The fourth-order valence-corrected chi connectivity index (χ4v) is 2.92. The Morgan fingerprint density at radius 1 is 1.43 bits per heavy atom. The van der Waals surface area contributed by atoms with E-state index in [1.807, 2.05) is 30.1 Å². The summed E-state index contributed by atoms with van der Waals surface area (Å²) in [5.74, 6) is -0.0670. The highest BCUT2D eigenvalue weighted by Crippen LogP contribution is 2.32. The SMILES string of the molecule is CC1CCc2ccccc2N1C(=O)C(N)c1cnn(C)c1. The van der Waals surface area contributed by atoms with Gasteiger partial charge in [0.25, 0.3) is 0 Å². The van der Waals surface area contributed by atoms with Crippen molar-refractivity contribution < 1.29 is 4.79 Å². The minimum absolute atomic E-state index is 0.0670. The van der Waals surface area contributed by atoms with Crippen molar-refractivity contribution in [2.75, 3.05) is 4.90 Å². The Morgan fingerprint density at radius 3 is 2.90 bits per heavy atom. The van der Waals surface area contributed by atoms with E-state index in [-0.39, 0.29) is 11.9 Å². The van der Waals surface area contributed by atoms with Crippen LogP contribution in [0.4, 0.5) is 5.69 Å². The van der Waals surface area contributed by atoms with Crippen LogP contribution in [0.1, 0.15) is 30.5 Å². The minimum Gasteiger partial charge on any atom is -0.316 e. The predicted octanol–water partition coefficient (Wildman–Crippen LogP) is 1.79. The van der Waals surface area contributed by atoms with Crippen LogP contribution in [0.15, 0.2) is 36.7 Å². The quantitative estimate of drug-likeness (QED) is 0.914. The third-order valence-corrected chi connectivity index (χ3v) is 4.11. The fraction of sp³-hybridized carbons (Fsp3) is 0.375. The van der Waals surface area contributed by atoms with Gasteiger partial charge in [-0.25, -0.2) is 0 Å². The molecule has 0 aliphatic carbocycles. The highest BCUT2D eigenvalue weighted by molar-refractivity contribution is 5.99. The zero-order valence-electron chi connectivity index (χ0n) is 12.4. The number of para-hydroxylation sites is 1. The third kappa shape index (κ3) is 2.45. The molecule has 0 fully saturated rings. The maximum Gasteiger partial charge on any atom is 0.248 e. The van der Waals surface area contributed by atoms with Gasteiger partial charge in [0.05, 0.1) is 6.20 Å². The number of benzene rings is 1. The summed E-state index contributed by atoms with van der Waals surface area (Å²) in [6.45, 7) is 2.07. The second-order valence-corrected chi connectivity index (χ2v) is 5.65. The standard InChI is InChI=1S/C16H20N4O/c1-11-7-8-12-5-3-4-6-14(12)20(11)16(21)15(17)13-9-18-19(2)10-13/h3-6,9-11,15H,7-8,17H2,1-2H3. The number of carbonyl (C=O) groups is 1. The van der Waals surface area contributed by atoms with Gasteiger partial charge in [-0.1, -0.05) is 18.2 Å². The molecule has 1 amide bonds. The van der Waals surface area contributed by atoms with Gasteiger partial charge in [-0.2, -0.15) is 5.10 Å². The predicted molar refractivity (Wildman–Crippen MR) is 81.8 cm³/mol. The molecule has 3 rings (SSSR count). The average molecular weight is 284 g/mol. The number of nitrogens with zero attached hydrogens (tertiary/aromatic N) is 3. The van der Waals surface area contributed by atoms with Gasteiger partial charge in [-0.15, -0.1) is 0 Å². The summed E-state index contributed by atoms with van der Waals surface area (Å²) in [6.07, 6.45) is 5.41. The lowest BCUT2D eigenvalue weighted by Gasteiger charge is -2.36. The van der Waals surface area contributed by atoms with Gasteiger partial charge in [0.15, 0.2) is 0 Å². The molecule has 2 unspecified atom stereocenters. The molecule has 21 heavy (non-hydrogen) atoms. The van der Waals surface area contributed by atoms with Crippen molar-refractivity contribution in [1.29, 1.82) is 0 Å². The Kier molecular flexibility index (Phi) is 3.51. The molecule has 1 aromatic heterocycles. The highest BCUT2D eigenvalue weighted by atomic mass is 16.2. The van der Waals surface area contributed by atoms with E-state index in [4.69, 9.17) is 5.73 Å². The van der Waals surface area contributed by atoms with Crippen LogP contribution in [-0.4, -0.2) is 21.7 Å². The molecule has 2 aromatic rings. The minimum atomic E-state index is -0.674. The smallest absolute Gasteiger partial charge is 0.248 e. The van der Waals surface area contributed by atoms with Crippen LogP contribution in [0.25, 0.3) is 0 Å². The molecule has 5 heteroatoms. The van der Waals surface area contributed by atoms with Crippen molar-refractivity contribution in [3.05, 3.63) is 47.8 Å². The van der Waals surface area contributed by atoms with Crippen molar-refractivity contribution in [2.45, 2.75) is 31.8 Å². The van der Waals surface area contributed by atoms with Crippen LogP contribution >= 0.6 is 0 Å². The van der Waals surface area contributed by atoms with Crippen molar-refractivity contribution in [1.82, 2.24) is 9.78 Å². The zero-order valence-corrected chi connectivity index (χ0v) is 12.4. The summed E-state index contributed by atoms with van der Waals surface area (Å²) in [6, 6.07) is 7.55. The number of anilines is 1. The third-order valence-electron chi connectivity index (χ3n) is 4.11. The highest BCUT2D eigenvalue weighted by Gasteiger charge is 2.32. The maximum absolute atomic E-state index is 12.8. The van der Waals surface area contributed by atoms with Crippen LogP contribution in [0.3, 0.4) is 0 Å². The van der Waals surface area contributed by atoms with E-state index in [2.05, 4.69) is 18.1 Å². The fourth-order valence-electron chi connectivity index (χ4n) is 2.92. The lowest BCUT2D eigenvalue weighted by atomic mass is 9.95. The average Bonchev–Trinajstić information content (AvgIpc) is 2.92. The first-order valence-corrected chi connectivity index (χ1v) is 7.23. The van der Waals surface area contributed by atoms with Crippen molar-refractivity contribution >= 4 is 11.6 Å². The van der Waals surface area contributed by atoms with E-state index < -0.39 is 6.04 Å². The second-order valence-electron chi connectivity index (χ2n) is 5.65. The second kappa shape index (κ2) is 5.33. The van der Waals surface area contributed by atoms with Gasteiger partial charge in [0.1, 0.15) is 6.04 Å². The first kappa shape index (κ1) is 13.8. The van der Waals surface area contributed by atoms with Crippen LogP contribution < -0.4 is 10.6 Å². The van der Waals surface area contributed by atoms with E-state index in [9.17, 15) is 4.79 Å². The van der Waals surface area contributed by atoms with E-state index in [0.29, 0.717) is 0 Å². The molecule has 2 atom stereocenters. The first-order chi connectivity index (χ1) is 10.1. The van der Waals surface area contributed by atoms with E-state index in [0.717, 1.165) is 24.1 Å². The molecular weight excluding hydrogens is 264 g/mol. The number of hydrogen-bond acceptors (Lipinski definition) is 3. The topological polar surface area (TPSA) is 64.2 Å².